The maximum Gasteiger partial charge on any atom is 0.416 e. The number of benzene rings is 1. The lowest BCUT2D eigenvalue weighted by molar-refractivity contribution is -0.137. The summed E-state index contributed by atoms with van der Waals surface area (Å²) < 4.78 is 59.9. The van der Waals surface area contributed by atoms with Gasteiger partial charge in [-0.25, -0.2) is 9.07 Å². The lowest BCUT2D eigenvalue weighted by Gasteiger charge is -2.38. The van der Waals surface area contributed by atoms with Crippen LogP contribution in [-0.4, -0.2) is 38.3 Å². The Morgan fingerprint density at radius 3 is 2.80 bits per heavy atom. The molecular formula is C24H24F4N6S. The summed E-state index contributed by atoms with van der Waals surface area (Å²) in [4.78, 5) is 7.17. The Labute approximate surface area is 203 Å². The third kappa shape index (κ3) is 3.23. The summed E-state index contributed by atoms with van der Waals surface area (Å²) >= 11 is 1.56. The van der Waals surface area contributed by atoms with Crippen molar-refractivity contribution in [2.75, 3.05) is 23.3 Å². The van der Waals surface area contributed by atoms with Crippen LogP contribution < -0.4 is 10.2 Å². The first-order valence-electron chi connectivity index (χ1n) is 12.0. The van der Waals surface area contributed by atoms with Crippen LogP contribution in [0.1, 0.15) is 47.8 Å². The van der Waals surface area contributed by atoms with Gasteiger partial charge in [-0.2, -0.15) is 22.5 Å². The predicted molar refractivity (Wildman–Crippen MR) is 123 cm³/mol. The van der Waals surface area contributed by atoms with Gasteiger partial charge in [-0.15, -0.1) is 5.10 Å². The van der Waals surface area contributed by atoms with Gasteiger partial charge in [0.25, 0.3) is 0 Å². The van der Waals surface area contributed by atoms with Gasteiger partial charge in [0.2, 0.25) is 5.95 Å². The Kier molecular flexibility index (Phi) is 4.43. The molecule has 7 rings (SSSR count). The SMILES string of the molecule is Cc1cc(N2C[C@H]3C(Nc4nc5n(n4)CCCC5c4ccc(C(F)(F)F)cc4F)[C@@H]4CC34C2)sn1. The van der Waals surface area contributed by atoms with E-state index in [1.54, 1.807) is 16.2 Å². The Morgan fingerprint density at radius 2 is 2.06 bits per heavy atom. The standard InChI is InChI=1S/C24H24F4N6S/c1-12-7-19(35-32-12)33-10-17-20(16-9-23(16,17)11-33)29-22-30-21-15(3-2-6-34(21)31-22)14-5-4-13(8-18(14)25)24(26,27)28/h4-5,7-8,15-17,20H,2-3,6,9-11H2,1H3,(H,29,31)/t15?,16-,17-,20?,23?/m0/s1. The molecule has 2 aromatic heterocycles. The van der Waals surface area contributed by atoms with Crippen molar-refractivity contribution in [3.05, 3.63) is 52.7 Å². The van der Waals surface area contributed by atoms with Gasteiger partial charge in [0.15, 0.2) is 0 Å². The fourth-order valence-electron chi connectivity index (χ4n) is 6.74. The van der Waals surface area contributed by atoms with Crippen molar-refractivity contribution in [1.29, 1.82) is 0 Å². The van der Waals surface area contributed by atoms with Crippen molar-refractivity contribution in [3.63, 3.8) is 0 Å². The van der Waals surface area contributed by atoms with Gasteiger partial charge in [-0.05, 0) is 72.8 Å². The molecule has 0 amide bonds. The molecule has 3 aromatic rings. The van der Waals surface area contributed by atoms with Gasteiger partial charge < -0.3 is 10.2 Å². The number of aromatic nitrogens is 4. The van der Waals surface area contributed by atoms with Crippen molar-refractivity contribution in [2.45, 2.75) is 50.9 Å². The van der Waals surface area contributed by atoms with Crippen LogP contribution in [-0.2, 0) is 12.7 Å². The van der Waals surface area contributed by atoms with Crippen molar-refractivity contribution < 1.29 is 17.6 Å². The predicted octanol–water partition coefficient (Wildman–Crippen LogP) is 5.06. The number of aryl methyl sites for hydroxylation is 2. The zero-order chi connectivity index (χ0) is 24.1. The van der Waals surface area contributed by atoms with Crippen molar-refractivity contribution >= 4 is 22.5 Å². The third-order valence-corrected chi connectivity index (χ3v) is 9.43. The number of nitrogens with zero attached hydrogens (tertiary/aromatic N) is 5. The fourth-order valence-corrected chi connectivity index (χ4v) is 7.51. The van der Waals surface area contributed by atoms with Gasteiger partial charge in [0.1, 0.15) is 16.6 Å². The van der Waals surface area contributed by atoms with E-state index in [2.05, 4.69) is 25.8 Å². The molecule has 1 N–H and O–H groups in total. The van der Waals surface area contributed by atoms with Crippen LogP contribution in [0.25, 0.3) is 0 Å². The molecule has 0 radical (unpaired) electrons. The Bertz CT molecular complexity index is 1320. The summed E-state index contributed by atoms with van der Waals surface area (Å²) in [6, 6.07) is 5.24. The van der Waals surface area contributed by atoms with Gasteiger partial charge in [0, 0.05) is 37.5 Å². The highest BCUT2D eigenvalue weighted by atomic mass is 32.1. The average molecular weight is 505 g/mol. The zero-order valence-corrected chi connectivity index (χ0v) is 19.8. The molecule has 5 atom stereocenters. The summed E-state index contributed by atoms with van der Waals surface area (Å²) in [7, 11) is 0. The van der Waals surface area contributed by atoms with E-state index < -0.39 is 23.5 Å². The summed E-state index contributed by atoms with van der Waals surface area (Å²) in [5.74, 6) is 1.03. The minimum absolute atomic E-state index is 0.244. The summed E-state index contributed by atoms with van der Waals surface area (Å²) in [5.41, 5.74) is 0.709. The number of fused-ring (bicyclic) bond motifs is 1. The number of hydrogen-bond donors (Lipinski definition) is 1. The van der Waals surface area contributed by atoms with Gasteiger partial charge >= 0.3 is 6.18 Å². The number of hydrogen-bond acceptors (Lipinski definition) is 6. The molecule has 6 nitrogen and oxygen atoms in total. The lowest BCUT2D eigenvalue weighted by Crippen LogP contribution is -2.47. The van der Waals surface area contributed by atoms with E-state index in [0.717, 1.165) is 31.3 Å². The quantitative estimate of drug-likeness (QED) is 0.503. The first-order valence-corrected chi connectivity index (χ1v) is 12.8. The number of rotatable bonds is 4. The smallest absolute Gasteiger partial charge is 0.361 e. The minimum atomic E-state index is -4.57. The van der Waals surface area contributed by atoms with Crippen LogP contribution >= 0.6 is 11.5 Å². The highest BCUT2D eigenvalue weighted by Gasteiger charge is 2.76. The molecule has 11 heteroatoms. The van der Waals surface area contributed by atoms with E-state index in [1.165, 1.54) is 17.5 Å². The molecule has 1 aromatic carbocycles. The molecule has 1 spiro atoms. The van der Waals surface area contributed by atoms with E-state index in [1.807, 2.05) is 6.92 Å². The van der Waals surface area contributed by atoms with Gasteiger partial charge in [-0.3, -0.25) is 0 Å². The molecule has 0 bridgehead atoms. The Balaban J connectivity index is 1.10. The number of anilines is 2. The number of halogens is 4. The molecule has 4 heterocycles. The van der Waals surface area contributed by atoms with Gasteiger partial charge in [0.05, 0.1) is 11.3 Å². The monoisotopic (exact) mass is 504 g/mol. The normalized spacial score (nSPS) is 30.9. The Hall–Kier alpha value is -2.69. The fraction of sp³-hybridized carbons (Fsp3) is 0.542. The third-order valence-electron chi connectivity index (χ3n) is 8.49. The number of nitrogens with one attached hydrogen (secondary N) is 1. The topological polar surface area (TPSA) is 58.9 Å². The van der Waals surface area contributed by atoms with Crippen LogP contribution in [0.5, 0.6) is 0 Å². The van der Waals surface area contributed by atoms with Crippen LogP contribution in [0, 0.1) is 30.0 Å². The van der Waals surface area contributed by atoms with Crippen LogP contribution in [0.15, 0.2) is 24.3 Å². The second-order valence-electron chi connectivity index (χ2n) is 10.5. The molecule has 3 fully saturated rings. The molecule has 3 unspecified atom stereocenters. The molecule has 4 aliphatic rings. The molecule has 2 saturated carbocycles. The molecule has 35 heavy (non-hydrogen) atoms. The van der Waals surface area contributed by atoms with Crippen LogP contribution in [0.2, 0.25) is 0 Å². The maximum atomic E-state index is 14.7. The Morgan fingerprint density at radius 1 is 1.20 bits per heavy atom. The van der Waals surface area contributed by atoms with Crippen molar-refractivity contribution in [3.8, 4) is 0 Å². The zero-order valence-electron chi connectivity index (χ0n) is 19.0. The molecule has 184 valence electrons. The highest BCUT2D eigenvalue weighted by molar-refractivity contribution is 7.10. The molecular weight excluding hydrogens is 480 g/mol. The highest BCUT2D eigenvalue weighted by Crippen LogP contribution is 2.74. The first kappa shape index (κ1) is 21.6. The van der Waals surface area contributed by atoms with Crippen LogP contribution in [0.4, 0.5) is 28.5 Å². The van der Waals surface area contributed by atoms with Gasteiger partial charge in [-0.1, -0.05) is 6.07 Å². The van der Waals surface area contributed by atoms with E-state index in [9.17, 15) is 17.6 Å². The lowest BCUT2D eigenvalue weighted by atomic mass is 9.71. The van der Waals surface area contributed by atoms with E-state index in [0.29, 0.717) is 54.1 Å². The molecule has 2 aliphatic carbocycles. The molecule has 1 saturated heterocycles. The van der Waals surface area contributed by atoms with E-state index in [-0.39, 0.29) is 5.56 Å². The van der Waals surface area contributed by atoms with E-state index >= 15 is 0 Å². The number of alkyl halides is 3. The summed E-state index contributed by atoms with van der Waals surface area (Å²) in [6.07, 6.45) is -1.97. The maximum absolute atomic E-state index is 14.7. The minimum Gasteiger partial charge on any atom is -0.361 e. The van der Waals surface area contributed by atoms with E-state index in [4.69, 9.17) is 4.98 Å². The van der Waals surface area contributed by atoms with Crippen molar-refractivity contribution in [2.24, 2.45) is 17.3 Å². The largest absolute Gasteiger partial charge is 0.416 e. The van der Waals surface area contributed by atoms with Crippen LogP contribution in [0.3, 0.4) is 0 Å². The summed E-state index contributed by atoms with van der Waals surface area (Å²) in [5, 5.41) is 9.44. The second-order valence-corrected chi connectivity index (χ2v) is 11.2. The second kappa shape index (κ2) is 7.18. The van der Waals surface area contributed by atoms with Crippen molar-refractivity contribution in [1.82, 2.24) is 19.1 Å². The molecule has 2 aliphatic heterocycles. The average Bonchev–Trinajstić information content (AvgIpc) is 3.14. The first-order chi connectivity index (χ1) is 16.7. The summed E-state index contributed by atoms with van der Waals surface area (Å²) in [6.45, 7) is 4.75.